The first-order chi connectivity index (χ1) is 11.8. The van der Waals surface area contributed by atoms with Gasteiger partial charge in [0, 0.05) is 0 Å². The first-order valence-electron chi connectivity index (χ1n) is 8.97. The third-order valence-electron chi connectivity index (χ3n) is 5.35. The molecular formula is C19H29NO5. The van der Waals surface area contributed by atoms with Crippen LogP contribution >= 0.6 is 0 Å². The van der Waals surface area contributed by atoms with Gasteiger partial charge in [-0.2, -0.15) is 0 Å². The fraction of sp³-hybridized carbons (Fsp3) is 0.684. The highest BCUT2D eigenvalue weighted by molar-refractivity contribution is 5.27. The number of hydrogen-bond acceptors (Lipinski definition) is 6. The van der Waals surface area contributed by atoms with Crippen molar-refractivity contribution in [3.63, 3.8) is 0 Å². The maximum atomic E-state index is 10.4. The second kappa shape index (κ2) is 7.31. The van der Waals surface area contributed by atoms with Crippen LogP contribution in [0.3, 0.4) is 0 Å². The predicted molar refractivity (Wildman–Crippen MR) is 93.1 cm³/mol. The third-order valence-corrected chi connectivity index (χ3v) is 5.35. The van der Waals surface area contributed by atoms with Crippen LogP contribution in [0.5, 0.6) is 0 Å². The summed E-state index contributed by atoms with van der Waals surface area (Å²) < 4.78 is 11.1. The van der Waals surface area contributed by atoms with Crippen molar-refractivity contribution in [3.8, 4) is 0 Å². The number of aliphatic hydroxyl groups is 3. The molecule has 1 aromatic carbocycles. The number of hydrogen-bond donors (Lipinski definition) is 4. The predicted octanol–water partition coefficient (Wildman–Crippen LogP) is 0.840. The summed E-state index contributed by atoms with van der Waals surface area (Å²) in [6.07, 6.45) is -3.66. The van der Waals surface area contributed by atoms with Crippen LogP contribution in [0.4, 0.5) is 0 Å². The normalized spacial score (nSPS) is 34.8. The van der Waals surface area contributed by atoms with Gasteiger partial charge in [-0.1, -0.05) is 38.1 Å². The van der Waals surface area contributed by atoms with E-state index in [0.29, 0.717) is 32.0 Å². The number of rotatable bonds is 5. The van der Waals surface area contributed by atoms with Crippen LogP contribution < -0.4 is 5.73 Å². The third kappa shape index (κ3) is 3.89. The van der Waals surface area contributed by atoms with Crippen LogP contribution in [0.1, 0.15) is 49.8 Å². The van der Waals surface area contributed by atoms with Gasteiger partial charge in [-0.15, -0.1) is 0 Å². The van der Waals surface area contributed by atoms with Gasteiger partial charge in [-0.3, -0.25) is 0 Å². The molecule has 0 saturated carbocycles. The van der Waals surface area contributed by atoms with E-state index < -0.39 is 30.5 Å². The highest BCUT2D eigenvalue weighted by atomic mass is 16.5. The van der Waals surface area contributed by atoms with E-state index in [0.717, 1.165) is 5.56 Å². The molecule has 2 saturated heterocycles. The van der Waals surface area contributed by atoms with Gasteiger partial charge in [0.05, 0.1) is 24.9 Å². The summed E-state index contributed by atoms with van der Waals surface area (Å²) in [5.41, 5.74) is 7.76. The Morgan fingerprint density at radius 1 is 1.08 bits per heavy atom. The molecule has 0 aromatic heterocycles. The summed E-state index contributed by atoms with van der Waals surface area (Å²) in [5, 5.41) is 30.9. The van der Waals surface area contributed by atoms with Crippen LogP contribution in [0.25, 0.3) is 0 Å². The molecule has 0 amide bonds. The molecule has 6 nitrogen and oxygen atoms in total. The maximum Gasteiger partial charge on any atom is 0.113 e. The summed E-state index contributed by atoms with van der Waals surface area (Å²) in [6.45, 7) is 5.23. The van der Waals surface area contributed by atoms with Gasteiger partial charge < -0.3 is 30.5 Å². The molecule has 1 unspecified atom stereocenters. The van der Waals surface area contributed by atoms with Crippen molar-refractivity contribution < 1.29 is 24.8 Å². The largest absolute Gasteiger partial charge is 0.388 e. The number of nitrogens with two attached hydrogens (primary N) is 1. The Hall–Kier alpha value is -1.02. The first-order valence-corrected chi connectivity index (χ1v) is 8.97. The van der Waals surface area contributed by atoms with Gasteiger partial charge in [-0.25, -0.2) is 0 Å². The maximum absolute atomic E-state index is 10.4. The molecular weight excluding hydrogens is 322 g/mol. The average Bonchev–Trinajstić information content (AvgIpc) is 2.57. The topological polar surface area (TPSA) is 105 Å². The van der Waals surface area contributed by atoms with Crippen molar-refractivity contribution in [1.82, 2.24) is 0 Å². The van der Waals surface area contributed by atoms with Crippen molar-refractivity contribution in [1.29, 1.82) is 0 Å². The summed E-state index contributed by atoms with van der Waals surface area (Å²) in [4.78, 5) is 0. The summed E-state index contributed by atoms with van der Waals surface area (Å²) in [6, 6.07) is 7.83. The van der Waals surface area contributed by atoms with Gasteiger partial charge in [0.1, 0.15) is 24.4 Å². The second-order valence-corrected chi connectivity index (χ2v) is 7.78. The van der Waals surface area contributed by atoms with E-state index >= 15 is 0 Å². The molecule has 5 N–H and O–H groups in total. The molecule has 2 heterocycles. The van der Waals surface area contributed by atoms with Crippen molar-refractivity contribution in [2.45, 2.75) is 68.7 Å². The Morgan fingerprint density at radius 2 is 1.72 bits per heavy atom. The quantitative estimate of drug-likeness (QED) is 0.627. The van der Waals surface area contributed by atoms with Crippen LogP contribution in [-0.4, -0.2) is 58.5 Å². The molecule has 3 rings (SSSR count). The molecule has 1 aromatic rings. The monoisotopic (exact) mass is 351 g/mol. The standard InChI is InChI=1S/C19H29NO5/c1-11(2)12-3-5-13(6-4-12)18-17(23)16(22)15(21)14(25-18)7-8-19(20)9-24-10-19/h3-6,11,14-18,21-23H,7-10,20H2,1-2H3/t14-,15-,16+,17+,18?/m1/s1. The molecule has 6 heteroatoms. The lowest BCUT2D eigenvalue weighted by Gasteiger charge is -2.43. The van der Waals surface area contributed by atoms with Gasteiger partial charge >= 0.3 is 0 Å². The van der Waals surface area contributed by atoms with Gasteiger partial charge in [-0.05, 0) is 29.9 Å². The van der Waals surface area contributed by atoms with Crippen molar-refractivity contribution >= 4 is 0 Å². The number of benzene rings is 1. The zero-order valence-electron chi connectivity index (χ0n) is 14.8. The Bertz CT molecular complexity index is 572. The second-order valence-electron chi connectivity index (χ2n) is 7.78. The van der Waals surface area contributed by atoms with E-state index in [2.05, 4.69) is 13.8 Å². The first kappa shape index (κ1) is 18.8. The van der Waals surface area contributed by atoms with E-state index in [1.807, 2.05) is 24.3 Å². The van der Waals surface area contributed by atoms with E-state index in [1.165, 1.54) is 5.56 Å². The van der Waals surface area contributed by atoms with E-state index in [9.17, 15) is 15.3 Å². The molecule has 5 atom stereocenters. The molecule has 140 valence electrons. The minimum atomic E-state index is -1.25. The number of ether oxygens (including phenoxy) is 2. The molecule has 2 aliphatic rings. The summed E-state index contributed by atoms with van der Waals surface area (Å²) in [7, 11) is 0. The lowest BCUT2D eigenvalue weighted by atomic mass is 9.85. The Balaban J connectivity index is 1.71. The van der Waals surface area contributed by atoms with E-state index in [-0.39, 0.29) is 5.54 Å². The van der Waals surface area contributed by atoms with Crippen molar-refractivity contribution in [3.05, 3.63) is 35.4 Å². The highest BCUT2D eigenvalue weighted by Gasteiger charge is 2.45. The average molecular weight is 351 g/mol. The zero-order valence-corrected chi connectivity index (χ0v) is 14.8. The molecule has 0 aliphatic carbocycles. The van der Waals surface area contributed by atoms with Crippen LogP contribution in [0.2, 0.25) is 0 Å². The Kier molecular flexibility index (Phi) is 5.48. The summed E-state index contributed by atoms with van der Waals surface area (Å²) >= 11 is 0. The van der Waals surface area contributed by atoms with Gasteiger partial charge in [0.15, 0.2) is 0 Å². The van der Waals surface area contributed by atoms with Crippen molar-refractivity contribution in [2.75, 3.05) is 13.2 Å². The molecule has 2 fully saturated rings. The molecule has 0 spiro atoms. The number of aliphatic hydroxyl groups excluding tert-OH is 3. The van der Waals surface area contributed by atoms with Gasteiger partial charge in [0.25, 0.3) is 0 Å². The molecule has 0 radical (unpaired) electrons. The fourth-order valence-corrected chi connectivity index (χ4v) is 3.47. The van der Waals surface area contributed by atoms with Gasteiger partial charge in [0.2, 0.25) is 0 Å². The van der Waals surface area contributed by atoms with Crippen LogP contribution in [0.15, 0.2) is 24.3 Å². The lowest BCUT2D eigenvalue weighted by molar-refractivity contribution is -0.228. The smallest absolute Gasteiger partial charge is 0.113 e. The highest BCUT2D eigenvalue weighted by Crippen LogP contribution is 2.35. The zero-order chi connectivity index (χ0) is 18.2. The van der Waals surface area contributed by atoms with Crippen LogP contribution in [0, 0.1) is 0 Å². The lowest BCUT2D eigenvalue weighted by Crippen LogP contribution is -2.59. The molecule has 0 bridgehead atoms. The summed E-state index contributed by atoms with van der Waals surface area (Å²) in [5.74, 6) is 0.414. The Labute approximate surface area is 148 Å². The SMILES string of the molecule is CC(C)c1ccc(C2O[C@H](CCC3(N)COC3)[C@@H](O)[C@H](O)[C@@H]2O)cc1. The van der Waals surface area contributed by atoms with Crippen molar-refractivity contribution in [2.24, 2.45) is 5.73 Å². The van der Waals surface area contributed by atoms with E-state index in [1.54, 1.807) is 0 Å². The fourth-order valence-electron chi connectivity index (χ4n) is 3.47. The molecule has 25 heavy (non-hydrogen) atoms. The molecule has 2 aliphatic heterocycles. The van der Waals surface area contributed by atoms with E-state index in [4.69, 9.17) is 15.2 Å². The minimum absolute atomic E-state index is 0.376. The Morgan fingerprint density at radius 3 is 2.24 bits per heavy atom. The van der Waals surface area contributed by atoms with Crippen LogP contribution in [-0.2, 0) is 9.47 Å². The minimum Gasteiger partial charge on any atom is -0.388 e.